The van der Waals surface area contributed by atoms with Crippen LogP contribution in [0.5, 0.6) is 0 Å². The molecule has 2 atom stereocenters. The minimum atomic E-state index is -0.496. The summed E-state index contributed by atoms with van der Waals surface area (Å²) in [6.07, 6.45) is 1.86. The van der Waals surface area contributed by atoms with Gasteiger partial charge in [-0.15, -0.1) is 0 Å². The third-order valence-corrected chi connectivity index (χ3v) is 3.95. The topological polar surface area (TPSA) is 55.1 Å². The summed E-state index contributed by atoms with van der Waals surface area (Å²) in [5.74, 6) is -0.0831. The van der Waals surface area contributed by atoms with E-state index in [-0.39, 0.29) is 17.4 Å². The number of amides is 1. The molecule has 2 rings (SSSR count). The fourth-order valence-electron chi connectivity index (χ4n) is 2.39. The quantitative estimate of drug-likeness (QED) is 0.875. The number of nitrogens with two attached hydrogens (primary N) is 1. The van der Waals surface area contributed by atoms with E-state index in [1.807, 2.05) is 39.0 Å². The summed E-state index contributed by atoms with van der Waals surface area (Å²) in [7, 11) is 0. The first-order chi connectivity index (χ1) is 8.79. The molecular weight excluding hydrogens is 260 g/mol. The van der Waals surface area contributed by atoms with Gasteiger partial charge in [-0.2, -0.15) is 0 Å². The molecule has 1 aliphatic rings. The monoisotopic (exact) mass is 280 g/mol. The van der Waals surface area contributed by atoms with E-state index in [9.17, 15) is 4.79 Å². The van der Waals surface area contributed by atoms with Gasteiger partial charge in [-0.3, -0.25) is 4.79 Å². The maximum Gasteiger partial charge on any atom is 0.237 e. The molecule has 1 aliphatic carbocycles. The maximum atomic E-state index is 12.2. The van der Waals surface area contributed by atoms with Crippen molar-refractivity contribution in [3.63, 3.8) is 0 Å². The van der Waals surface area contributed by atoms with Crippen LogP contribution in [0.1, 0.15) is 44.4 Å². The maximum absolute atomic E-state index is 12.2. The van der Waals surface area contributed by atoms with Crippen molar-refractivity contribution >= 4 is 17.5 Å². The lowest BCUT2D eigenvalue weighted by atomic mass is 9.86. The number of carbonyl (C=O) groups excluding carboxylic acids is 1. The number of hydrogen-bond acceptors (Lipinski definition) is 2. The van der Waals surface area contributed by atoms with Gasteiger partial charge in [0.2, 0.25) is 5.91 Å². The number of benzene rings is 1. The Bertz CT molecular complexity index is 493. The van der Waals surface area contributed by atoms with Crippen LogP contribution in [-0.4, -0.2) is 11.9 Å². The van der Waals surface area contributed by atoms with Crippen molar-refractivity contribution in [3.05, 3.63) is 34.3 Å². The number of carbonyl (C=O) groups is 1. The van der Waals surface area contributed by atoms with Gasteiger partial charge in [-0.1, -0.05) is 38.4 Å². The molecule has 0 heterocycles. The number of nitrogens with one attached hydrogen (secondary N) is 1. The van der Waals surface area contributed by atoms with Gasteiger partial charge in [0.1, 0.15) is 0 Å². The third kappa shape index (κ3) is 3.10. The molecule has 0 bridgehead atoms. The average molecular weight is 281 g/mol. The molecule has 19 heavy (non-hydrogen) atoms. The van der Waals surface area contributed by atoms with Crippen molar-refractivity contribution in [2.45, 2.75) is 45.7 Å². The summed E-state index contributed by atoms with van der Waals surface area (Å²) in [5, 5.41) is 3.80. The first-order valence-corrected chi connectivity index (χ1v) is 7.01. The SMILES string of the molecule is CC(C)(C)[C@H](N)C(=O)NC1CCc2cc(Cl)ccc21. The number of aryl methyl sites for hydroxylation is 1. The van der Waals surface area contributed by atoms with Crippen LogP contribution in [0.3, 0.4) is 0 Å². The molecule has 4 heteroatoms. The number of hydrogen-bond donors (Lipinski definition) is 2. The zero-order valence-corrected chi connectivity index (χ0v) is 12.4. The Balaban J connectivity index is 2.09. The van der Waals surface area contributed by atoms with Gasteiger partial charge >= 0.3 is 0 Å². The van der Waals surface area contributed by atoms with Crippen LogP contribution >= 0.6 is 11.6 Å². The van der Waals surface area contributed by atoms with Crippen LogP contribution in [0.15, 0.2) is 18.2 Å². The van der Waals surface area contributed by atoms with Crippen molar-refractivity contribution in [2.24, 2.45) is 11.1 Å². The molecule has 0 saturated heterocycles. The van der Waals surface area contributed by atoms with E-state index in [0.717, 1.165) is 17.9 Å². The first kappa shape index (κ1) is 14.4. The highest BCUT2D eigenvalue weighted by atomic mass is 35.5. The summed E-state index contributed by atoms with van der Waals surface area (Å²) < 4.78 is 0. The van der Waals surface area contributed by atoms with Gasteiger partial charge < -0.3 is 11.1 Å². The molecule has 0 aromatic heterocycles. The predicted molar refractivity (Wildman–Crippen MR) is 78.1 cm³/mol. The number of halogens is 1. The van der Waals surface area contributed by atoms with Crippen molar-refractivity contribution in [1.82, 2.24) is 5.32 Å². The van der Waals surface area contributed by atoms with E-state index in [0.29, 0.717) is 0 Å². The van der Waals surface area contributed by atoms with Crippen molar-refractivity contribution in [3.8, 4) is 0 Å². The predicted octanol–water partition coefficient (Wildman–Crippen LogP) is 2.82. The van der Waals surface area contributed by atoms with E-state index in [2.05, 4.69) is 5.32 Å². The summed E-state index contributed by atoms with van der Waals surface area (Å²) in [6.45, 7) is 5.92. The van der Waals surface area contributed by atoms with Crippen molar-refractivity contribution < 1.29 is 4.79 Å². The zero-order chi connectivity index (χ0) is 14.2. The van der Waals surface area contributed by atoms with Crippen LogP contribution in [-0.2, 0) is 11.2 Å². The Hall–Kier alpha value is -1.06. The number of fused-ring (bicyclic) bond motifs is 1. The number of rotatable bonds is 2. The molecule has 1 aromatic rings. The normalized spacial score (nSPS) is 19.9. The van der Waals surface area contributed by atoms with Crippen molar-refractivity contribution in [2.75, 3.05) is 0 Å². The second kappa shape index (κ2) is 5.14. The molecular formula is C15H21ClN2O. The second-order valence-corrected chi connectivity index (χ2v) is 6.72. The van der Waals surface area contributed by atoms with Crippen LogP contribution in [0.4, 0.5) is 0 Å². The Morgan fingerprint density at radius 2 is 2.16 bits per heavy atom. The van der Waals surface area contributed by atoms with E-state index in [4.69, 9.17) is 17.3 Å². The second-order valence-electron chi connectivity index (χ2n) is 6.29. The summed E-state index contributed by atoms with van der Waals surface area (Å²) in [5.41, 5.74) is 8.14. The lowest BCUT2D eigenvalue weighted by Gasteiger charge is -2.27. The molecule has 3 N–H and O–H groups in total. The minimum Gasteiger partial charge on any atom is -0.348 e. The van der Waals surface area contributed by atoms with E-state index in [1.54, 1.807) is 0 Å². The molecule has 0 radical (unpaired) electrons. The van der Waals surface area contributed by atoms with Crippen molar-refractivity contribution in [1.29, 1.82) is 0 Å². The fraction of sp³-hybridized carbons (Fsp3) is 0.533. The van der Waals surface area contributed by atoms with E-state index < -0.39 is 6.04 Å². The molecule has 0 aliphatic heterocycles. The van der Waals surface area contributed by atoms with Gasteiger partial charge in [-0.05, 0) is 41.5 Å². The third-order valence-electron chi connectivity index (χ3n) is 3.71. The van der Waals surface area contributed by atoms with Crippen LogP contribution < -0.4 is 11.1 Å². The van der Waals surface area contributed by atoms with Gasteiger partial charge in [0.05, 0.1) is 12.1 Å². The Morgan fingerprint density at radius 3 is 2.79 bits per heavy atom. The molecule has 104 valence electrons. The van der Waals surface area contributed by atoms with Gasteiger partial charge in [0, 0.05) is 5.02 Å². The largest absolute Gasteiger partial charge is 0.348 e. The van der Waals surface area contributed by atoms with Crippen LogP contribution in [0.25, 0.3) is 0 Å². The first-order valence-electron chi connectivity index (χ1n) is 6.63. The van der Waals surface area contributed by atoms with Crippen LogP contribution in [0.2, 0.25) is 5.02 Å². The molecule has 1 amide bonds. The zero-order valence-electron chi connectivity index (χ0n) is 11.7. The minimum absolute atomic E-state index is 0.0631. The standard InChI is InChI=1S/C15H21ClN2O/c1-15(2,3)13(17)14(19)18-12-7-4-9-8-10(16)5-6-11(9)12/h5-6,8,12-13H,4,7,17H2,1-3H3,(H,18,19)/t12?,13-/m1/s1. The van der Waals surface area contributed by atoms with Crippen LogP contribution in [0, 0.1) is 5.41 Å². The van der Waals surface area contributed by atoms with Gasteiger partial charge in [-0.25, -0.2) is 0 Å². The van der Waals surface area contributed by atoms with Gasteiger partial charge in [0.25, 0.3) is 0 Å². The van der Waals surface area contributed by atoms with E-state index >= 15 is 0 Å². The highest BCUT2D eigenvalue weighted by Crippen LogP contribution is 2.33. The van der Waals surface area contributed by atoms with Gasteiger partial charge in [0.15, 0.2) is 0 Å². The average Bonchev–Trinajstić information content (AvgIpc) is 2.69. The Kier molecular flexibility index (Phi) is 3.88. The molecule has 0 spiro atoms. The summed E-state index contributed by atoms with van der Waals surface area (Å²) >= 11 is 5.98. The molecule has 1 unspecified atom stereocenters. The smallest absolute Gasteiger partial charge is 0.237 e. The molecule has 0 saturated carbocycles. The Labute approximate surface area is 119 Å². The Morgan fingerprint density at radius 1 is 1.47 bits per heavy atom. The lowest BCUT2D eigenvalue weighted by molar-refractivity contribution is -0.125. The highest BCUT2D eigenvalue weighted by Gasteiger charge is 2.31. The molecule has 1 aromatic carbocycles. The molecule has 3 nitrogen and oxygen atoms in total. The highest BCUT2D eigenvalue weighted by molar-refractivity contribution is 6.30. The fourth-order valence-corrected chi connectivity index (χ4v) is 2.59. The lowest BCUT2D eigenvalue weighted by Crippen LogP contribution is -2.49. The molecule has 0 fully saturated rings. The summed E-state index contributed by atoms with van der Waals surface area (Å²) in [4.78, 5) is 12.2. The van der Waals surface area contributed by atoms with E-state index in [1.165, 1.54) is 11.1 Å². The summed E-state index contributed by atoms with van der Waals surface area (Å²) in [6, 6.07) is 5.41.